The Hall–Kier alpha value is -3.17. The van der Waals surface area contributed by atoms with Gasteiger partial charge >= 0.3 is 0 Å². The molecule has 0 spiro atoms. The molecule has 37 heavy (non-hydrogen) atoms. The lowest BCUT2D eigenvalue weighted by Gasteiger charge is -2.36. The smallest absolute Gasteiger partial charge is 0.273 e. The number of anilines is 2. The van der Waals surface area contributed by atoms with Crippen molar-refractivity contribution in [2.45, 2.75) is 65.6 Å². The average molecular weight is 513 g/mol. The van der Waals surface area contributed by atoms with Crippen LogP contribution in [0.15, 0.2) is 23.7 Å². The predicted octanol–water partition coefficient (Wildman–Crippen LogP) is 3.27. The van der Waals surface area contributed by atoms with Crippen molar-refractivity contribution in [3.8, 4) is 0 Å². The molecule has 4 heterocycles. The number of carbonyl (C=O) groups is 2. The van der Waals surface area contributed by atoms with Gasteiger partial charge in [0.25, 0.3) is 5.91 Å². The van der Waals surface area contributed by atoms with Gasteiger partial charge in [-0.15, -0.1) is 0 Å². The van der Waals surface area contributed by atoms with E-state index in [1.54, 1.807) is 13.0 Å². The van der Waals surface area contributed by atoms with Gasteiger partial charge in [-0.25, -0.2) is 9.37 Å². The second kappa shape index (κ2) is 10.3. The zero-order valence-corrected chi connectivity index (χ0v) is 22.2. The van der Waals surface area contributed by atoms with Crippen LogP contribution in [0.4, 0.5) is 16.2 Å². The number of allylic oxidation sites excluding steroid dienone is 2. The standard InChI is InChI=1S/C27H37FN6O3/c1-5-37-23-9-8-19(15-21(23)28)22-7-6-10-33(22)25-20-16-34(17(2)3)26(36)24(20)29-27(30-25)32-13-11-31(12-14-32)18(4)35/h9,15,17,19,22H,5-8,10-14,16H2,1-4H3/t19?,22-/m1/s1. The lowest BCUT2D eigenvalue weighted by molar-refractivity contribution is -0.129. The van der Waals surface area contributed by atoms with E-state index in [9.17, 15) is 14.0 Å². The van der Waals surface area contributed by atoms with Crippen LogP contribution in [0.25, 0.3) is 0 Å². The molecule has 1 aromatic rings. The minimum absolute atomic E-state index is 0.00168. The van der Waals surface area contributed by atoms with Gasteiger partial charge in [0.05, 0.1) is 13.2 Å². The molecule has 5 rings (SSSR count). The molecule has 200 valence electrons. The fraction of sp³-hybridized carbons (Fsp3) is 0.630. The molecule has 2 fully saturated rings. The molecule has 2 amide bonds. The Morgan fingerprint density at radius 3 is 2.59 bits per heavy atom. The molecule has 1 unspecified atom stereocenters. The van der Waals surface area contributed by atoms with Crippen LogP contribution in [0.2, 0.25) is 0 Å². The van der Waals surface area contributed by atoms with Crippen molar-refractivity contribution < 1.29 is 18.7 Å². The maximum absolute atomic E-state index is 14.8. The zero-order chi connectivity index (χ0) is 26.3. The monoisotopic (exact) mass is 512 g/mol. The van der Waals surface area contributed by atoms with Gasteiger partial charge in [-0.05, 0) is 52.2 Å². The normalized spacial score (nSPS) is 24.0. The van der Waals surface area contributed by atoms with Crippen molar-refractivity contribution >= 4 is 23.6 Å². The van der Waals surface area contributed by atoms with Gasteiger partial charge in [0.2, 0.25) is 11.9 Å². The SMILES string of the molecule is CCOC1=CCC([C@H]2CCCN2c2nc(N3CCN(C(C)=O)CC3)nc3c2CN(C(C)C)C3=O)C=C1F. The molecule has 1 aromatic heterocycles. The largest absolute Gasteiger partial charge is 0.491 e. The minimum Gasteiger partial charge on any atom is -0.491 e. The van der Waals surface area contributed by atoms with E-state index in [1.807, 2.05) is 36.6 Å². The maximum atomic E-state index is 14.8. The Bertz CT molecular complexity index is 1130. The summed E-state index contributed by atoms with van der Waals surface area (Å²) in [4.78, 5) is 43.0. The highest BCUT2D eigenvalue weighted by atomic mass is 19.1. The number of hydrogen-bond donors (Lipinski definition) is 0. The number of nitrogens with zero attached hydrogens (tertiary/aromatic N) is 6. The summed E-state index contributed by atoms with van der Waals surface area (Å²) in [5.41, 5.74) is 1.33. The molecule has 1 aliphatic carbocycles. The van der Waals surface area contributed by atoms with E-state index in [0.717, 1.165) is 30.8 Å². The summed E-state index contributed by atoms with van der Waals surface area (Å²) in [6, 6.07) is 0.124. The van der Waals surface area contributed by atoms with Crippen LogP contribution in [-0.4, -0.2) is 83.0 Å². The van der Waals surface area contributed by atoms with E-state index < -0.39 is 0 Å². The van der Waals surface area contributed by atoms with Gasteiger partial charge in [0.15, 0.2) is 11.6 Å². The van der Waals surface area contributed by atoms with Crippen molar-refractivity contribution in [1.29, 1.82) is 0 Å². The summed E-state index contributed by atoms with van der Waals surface area (Å²) in [6.45, 7) is 11.6. The van der Waals surface area contributed by atoms with Gasteiger partial charge < -0.3 is 24.3 Å². The second-order valence-electron chi connectivity index (χ2n) is 10.5. The first-order valence-electron chi connectivity index (χ1n) is 13.5. The van der Waals surface area contributed by atoms with Crippen molar-refractivity contribution in [3.05, 3.63) is 35.0 Å². The summed E-state index contributed by atoms with van der Waals surface area (Å²) in [6.07, 6.45) is 6.16. The highest BCUT2D eigenvalue weighted by Gasteiger charge is 2.40. The topological polar surface area (TPSA) is 82.1 Å². The molecule has 0 aromatic carbocycles. The first kappa shape index (κ1) is 25.5. The molecule has 0 bridgehead atoms. The first-order valence-corrected chi connectivity index (χ1v) is 13.5. The van der Waals surface area contributed by atoms with E-state index in [0.29, 0.717) is 63.2 Å². The molecular formula is C27H37FN6O3. The van der Waals surface area contributed by atoms with E-state index in [-0.39, 0.29) is 35.6 Å². The van der Waals surface area contributed by atoms with E-state index >= 15 is 0 Å². The number of aromatic nitrogens is 2. The average Bonchev–Trinajstić information content (AvgIpc) is 3.50. The number of amides is 2. The first-order chi connectivity index (χ1) is 17.8. The molecule has 4 aliphatic rings. The number of halogens is 1. The molecule has 2 atom stereocenters. The number of rotatable bonds is 6. The van der Waals surface area contributed by atoms with E-state index in [1.165, 1.54) is 0 Å². The molecule has 10 heteroatoms. The van der Waals surface area contributed by atoms with Crippen LogP contribution in [0, 0.1) is 5.92 Å². The van der Waals surface area contributed by atoms with Crippen LogP contribution in [0.1, 0.15) is 63.0 Å². The minimum atomic E-state index is -0.303. The Morgan fingerprint density at radius 2 is 1.95 bits per heavy atom. The number of ether oxygens (including phenoxy) is 1. The summed E-state index contributed by atoms with van der Waals surface area (Å²) >= 11 is 0. The van der Waals surface area contributed by atoms with E-state index in [4.69, 9.17) is 14.7 Å². The van der Waals surface area contributed by atoms with Gasteiger partial charge in [0, 0.05) is 63.2 Å². The third kappa shape index (κ3) is 4.78. The molecule has 0 N–H and O–H groups in total. The summed E-state index contributed by atoms with van der Waals surface area (Å²) < 4.78 is 20.3. The van der Waals surface area contributed by atoms with Crippen LogP contribution in [0.3, 0.4) is 0 Å². The third-order valence-electron chi connectivity index (χ3n) is 7.93. The lowest BCUT2D eigenvalue weighted by atomic mass is 9.90. The Labute approximate surface area is 218 Å². The molecule has 9 nitrogen and oxygen atoms in total. The number of carbonyl (C=O) groups excluding carboxylic acids is 2. The van der Waals surface area contributed by atoms with Crippen molar-refractivity contribution in [1.82, 2.24) is 19.8 Å². The van der Waals surface area contributed by atoms with Gasteiger partial charge in [-0.1, -0.05) is 0 Å². The van der Waals surface area contributed by atoms with Gasteiger partial charge in [-0.3, -0.25) is 9.59 Å². The van der Waals surface area contributed by atoms with Crippen molar-refractivity contribution in [2.24, 2.45) is 5.92 Å². The Balaban J connectivity index is 1.48. The summed E-state index contributed by atoms with van der Waals surface area (Å²) in [5, 5.41) is 0. The van der Waals surface area contributed by atoms with Crippen molar-refractivity contribution in [3.63, 3.8) is 0 Å². The van der Waals surface area contributed by atoms with E-state index in [2.05, 4.69) is 9.80 Å². The van der Waals surface area contributed by atoms with Crippen LogP contribution < -0.4 is 9.80 Å². The number of fused-ring (bicyclic) bond motifs is 1. The highest BCUT2D eigenvalue weighted by Crippen LogP contribution is 2.40. The number of piperazine rings is 1. The molecule has 2 saturated heterocycles. The number of hydrogen-bond acceptors (Lipinski definition) is 7. The Kier molecular flexibility index (Phi) is 7.09. The summed E-state index contributed by atoms with van der Waals surface area (Å²) in [5.74, 6) is 1.34. The van der Waals surface area contributed by atoms with Gasteiger partial charge in [-0.2, -0.15) is 4.98 Å². The Morgan fingerprint density at radius 1 is 1.19 bits per heavy atom. The molecule has 0 radical (unpaired) electrons. The lowest BCUT2D eigenvalue weighted by Crippen LogP contribution is -2.48. The summed E-state index contributed by atoms with van der Waals surface area (Å²) in [7, 11) is 0. The molecular weight excluding hydrogens is 475 g/mol. The predicted molar refractivity (Wildman–Crippen MR) is 139 cm³/mol. The van der Waals surface area contributed by atoms with Crippen LogP contribution >= 0.6 is 0 Å². The van der Waals surface area contributed by atoms with Gasteiger partial charge in [0.1, 0.15) is 11.5 Å². The maximum Gasteiger partial charge on any atom is 0.273 e. The fourth-order valence-corrected chi connectivity index (χ4v) is 5.91. The third-order valence-corrected chi connectivity index (χ3v) is 7.93. The van der Waals surface area contributed by atoms with Crippen LogP contribution in [0.5, 0.6) is 0 Å². The highest BCUT2D eigenvalue weighted by molar-refractivity contribution is 5.98. The second-order valence-corrected chi connectivity index (χ2v) is 10.5. The molecule has 3 aliphatic heterocycles. The zero-order valence-electron chi connectivity index (χ0n) is 22.2. The molecule has 0 saturated carbocycles. The quantitative estimate of drug-likeness (QED) is 0.579. The van der Waals surface area contributed by atoms with Crippen molar-refractivity contribution in [2.75, 3.05) is 49.1 Å². The van der Waals surface area contributed by atoms with Crippen LogP contribution in [-0.2, 0) is 16.1 Å². The fourth-order valence-electron chi connectivity index (χ4n) is 5.91.